The van der Waals surface area contributed by atoms with Gasteiger partial charge in [0.15, 0.2) is 0 Å². The topological polar surface area (TPSA) is 23.9 Å². The lowest BCUT2D eigenvalue weighted by molar-refractivity contribution is 0.562. The molecule has 8 heavy (non-hydrogen) atoms. The summed E-state index contributed by atoms with van der Waals surface area (Å²) in [4.78, 5) is 0. The molecule has 0 aliphatic rings. The van der Waals surface area contributed by atoms with E-state index in [-0.39, 0.29) is 0 Å². The van der Waals surface area contributed by atoms with Gasteiger partial charge in [0.2, 0.25) is 0 Å². The zero-order chi connectivity index (χ0) is 6.41. The third kappa shape index (κ3) is 3.53. The van der Waals surface area contributed by atoms with E-state index in [1.54, 1.807) is 0 Å². The fraction of sp³-hybridized carbons (Fsp3) is 0.500. The van der Waals surface area contributed by atoms with Gasteiger partial charge in [-0.15, -0.1) is 0 Å². The first-order valence-corrected chi connectivity index (χ1v) is 2.61. The van der Waals surface area contributed by atoms with E-state index in [4.69, 9.17) is 5.41 Å². The van der Waals surface area contributed by atoms with Crippen LogP contribution in [0.3, 0.4) is 0 Å². The van der Waals surface area contributed by atoms with Gasteiger partial charge in [0.05, 0.1) is 0 Å². The second-order valence-corrected chi connectivity index (χ2v) is 1.44. The molecule has 46 valence electrons. The molecule has 0 aromatic carbocycles. The highest BCUT2D eigenvalue weighted by atomic mass is 19.1. The highest BCUT2D eigenvalue weighted by Crippen LogP contribution is 1.83. The second kappa shape index (κ2) is 4.50. The molecule has 0 saturated heterocycles. The lowest BCUT2D eigenvalue weighted by Crippen LogP contribution is -1.84. The van der Waals surface area contributed by atoms with Gasteiger partial charge < -0.3 is 5.41 Å². The highest BCUT2D eigenvalue weighted by Gasteiger charge is 1.80. The largest absolute Gasteiger partial charge is 0.305 e. The van der Waals surface area contributed by atoms with Crippen LogP contribution < -0.4 is 0 Å². The van der Waals surface area contributed by atoms with Gasteiger partial charge in [-0.05, 0) is 12.5 Å². The summed E-state index contributed by atoms with van der Waals surface area (Å²) in [6.07, 6.45) is 3.50. The van der Waals surface area contributed by atoms with Gasteiger partial charge in [-0.25, -0.2) is 4.39 Å². The van der Waals surface area contributed by atoms with Gasteiger partial charge in [-0.3, -0.25) is 0 Å². The van der Waals surface area contributed by atoms with Gasteiger partial charge in [0.1, 0.15) is 6.67 Å². The SMILES string of the molecule is CCC(=N)/C=C\CF. The predicted molar refractivity (Wildman–Crippen MR) is 33.1 cm³/mol. The van der Waals surface area contributed by atoms with Crippen molar-refractivity contribution in [3.05, 3.63) is 12.2 Å². The van der Waals surface area contributed by atoms with Crippen LogP contribution in [0.15, 0.2) is 12.2 Å². The first-order valence-electron chi connectivity index (χ1n) is 2.61. The zero-order valence-electron chi connectivity index (χ0n) is 4.95. The number of rotatable bonds is 3. The molecule has 0 rings (SSSR count). The number of halogens is 1. The molecule has 0 bridgehead atoms. The predicted octanol–water partition coefficient (Wildman–Crippen LogP) is 1.94. The lowest BCUT2D eigenvalue weighted by Gasteiger charge is -1.84. The standard InChI is InChI=1S/C6H10FN/c1-2-6(8)4-3-5-7/h3-4,8H,2,5H2,1H3/b4-3-,8-6?. The summed E-state index contributed by atoms with van der Waals surface area (Å²) in [5.41, 5.74) is 0.475. The fourth-order valence-corrected chi connectivity index (χ4v) is 0.305. The summed E-state index contributed by atoms with van der Waals surface area (Å²) in [5, 5.41) is 6.99. The normalized spacial score (nSPS) is 10.2. The molecular formula is C6H10FN. The monoisotopic (exact) mass is 115 g/mol. The van der Waals surface area contributed by atoms with Crippen molar-refractivity contribution in [2.75, 3.05) is 6.67 Å². The third-order valence-electron chi connectivity index (χ3n) is 0.789. The zero-order valence-corrected chi connectivity index (χ0v) is 4.95. The maximum absolute atomic E-state index is 11.3. The molecule has 0 fully saturated rings. The van der Waals surface area contributed by atoms with Gasteiger partial charge >= 0.3 is 0 Å². The van der Waals surface area contributed by atoms with E-state index in [2.05, 4.69) is 0 Å². The Labute approximate surface area is 48.7 Å². The van der Waals surface area contributed by atoms with E-state index in [0.717, 1.165) is 0 Å². The Morgan fingerprint density at radius 2 is 2.38 bits per heavy atom. The van der Waals surface area contributed by atoms with Gasteiger partial charge in [0, 0.05) is 5.71 Å². The molecule has 0 spiro atoms. The van der Waals surface area contributed by atoms with E-state index in [1.807, 2.05) is 6.92 Å². The minimum atomic E-state index is -0.470. The molecule has 0 aliphatic heterocycles. The minimum Gasteiger partial charge on any atom is -0.305 e. The van der Waals surface area contributed by atoms with Crippen molar-refractivity contribution in [3.63, 3.8) is 0 Å². The molecule has 0 aromatic rings. The summed E-state index contributed by atoms with van der Waals surface area (Å²) in [6.45, 7) is 1.40. The number of nitrogens with one attached hydrogen (secondary N) is 1. The Hall–Kier alpha value is -0.660. The van der Waals surface area contributed by atoms with Crippen LogP contribution in [0.4, 0.5) is 4.39 Å². The van der Waals surface area contributed by atoms with Crippen LogP contribution in [-0.4, -0.2) is 12.4 Å². The number of allylic oxidation sites excluding steroid dienone is 2. The summed E-state index contributed by atoms with van der Waals surface area (Å²) in [5.74, 6) is 0. The number of alkyl halides is 1. The summed E-state index contributed by atoms with van der Waals surface area (Å²) in [7, 11) is 0. The maximum Gasteiger partial charge on any atom is 0.108 e. The van der Waals surface area contributed by atoms with Gasteiger partial charge in [0.25, 0.3) is 0 Å². The first kappa shape index (κ1) is 7.34. The van der Waals surface area contributed by atoms with Crippen LogP contribution in [0.5, 0.6) is 0 Å². The molecule has 0 radical (unpaired) electrons. The minimum absolute atomic E-state index is 0.470. The quantitative estimate of drug-likeness (QED) is 0.543. The van der Waals surface area contributed by atoms with E-state index >= 15 is 0 Å². The van der Waals surface area contributed by atoms with Gasteiger partial charge in [-0.2, -0.15) is 0 Å². The summed E-state index contributed by atoms with van der Waals surface area (Å²) < 4.78 is 11.3. The van der Waals surface area contributed by atoms with Crippen LogP contribution in [0.1, 0.15) is 13.3 Å². The van der Waals surface area contributed by atoms with Crippen molar-refractivity contribution in [2.45, 2.75) is 13.3 Å². The van der Waals surface area contributed by atoms with Crippen molar-refractivity contribution in [1.29, 1.82) is 5.41 Å². The maximum atomic E-state index is 11.3. The van der Waals surface area contributed by atoms with Crippen LogP contribution >= 0.6 is 0 Å². The molecule has 0 heterocycles. The average molecular weight is 115 g/mol. The Kier molecular flexibility index (Phi) is 4.13. The van der Waals surface area contributed by atoms with Crippen LogP contribution in [0.25, 0.3) is 0 Å². The first-order chi connectivity index (χ1) is 3.81. The van der Waals surface area contributed by atoms with Crippen LogP contribution in [0, 0.1) is 5.41 Å². The molecule has 0 saturated carbocycles. The lowest BCUT2D eigenvalue weighted by atomic mass is 10.3. The molecule has 1 nitrogen and oxygen atoms in total. The molecular weight excluding hydrogens is 105 g/mol. The fourth-order valence-electron chi connectivity index (χ4n) is 0.305. The number of hydrogen-bond acceptors (Lipinski definition) is 1. The molecule has 0 unspecified atom stereocenters. The van der Waals surface area contributed by atoms with E-state index < -0.39 is 6.67 Å². The average Bonchev–Trinajstić information content (AvgIpc) is 1.83. The van der Waals surface area contributed by atoms with Gasteiger partial charge in [-0.1, -0.05) is 13.0 Å². The Morgan fingerprint density at radius 3 is 2.75 bits per heavy atom. The van der Waals surface area contributed by atoms with Crippen molar-refractivity contribution >= 4 is 5.71 Å². The van der Waals surface area contributed by atoms with Crippen molar-refractivity contribution in [1.82, 2.24) is 0 Å². The van der Waals surface area contributed by atoms with Crippen molar-refractivity contribution in [2.24, 2.45) is 0 Å². The summed E-state index contributed by atoms with van der Waals surface area (Å²) in [6, 6.07) is 0. The van der Waals surface area contributed by atoms with Crippen molar-refractivity contribution < 1.29 is 4.39 Å². The molecule has 0 aliphatic carbocycles. The molecule has 1 N–H and O–H groups in total. The smallest absolute Gasteiger partial charge is 0.108 e. The van der Waals surface area contributed by atoms with E-state index in [1.165, 1.54) is 12.2 Å². The summed E-state index contributed by atoms with van der Waals surface area (Å²) >= 11 is 0. The van der Waals surface area contributed by atoms with Crippen molar-refractivity contribution in [3.8, 4) is 0 Å². The van der Waals surface area contributed by atoms with Crippen LogP contribution in [0.2, 0.25) is 0 Å². The molecule has 0 atom stereocenters. The molecule has 2 heteroatoms. The Balaban J connectivity index is 3.37. The number of hydrogen-bond donors (Lipinski definition) is 1. The van der Waals surface area contributed by atoms with E-state index in [9.17, 15) is 4.39 Å². The molecule has 0 aromatic heterocycles. The Morgan fingerprint density at radius 1 is 1.75 bits per heavy atom. The Bertz CT molecular complexity index is 96.7. The van der Waals surface area contributed by atoms with Crippen LogP contribution in [-0.2, 0) is 0 Å². The van der Waals surface area contributed by atoms with E-state index in [0.29, 0.717) is 12.1 Å². The third-order valence-corrected chi connectivity index (χ3v) is 0.789. The molecule has 0 amide bonds. The second-order valence-electron chi connectivity index (χ2n) is 1.44. The highest BCUT2D eigenvalue weighted by molar-refractivity contribution is 5.91.